The third-order valence-corrected chi connectivity index (χ3v) is 8.02. The van der Waals surface area contributed by atoms with Crippen molar-refractivity contribution in [1.29, 1.82) is 0 Å². The van der Waals surface area contributed by atoms with E-state index in [1.165, 1.54) is 6.42 Å². The van der Waals surface area contributed by atoms with Gasteiger partial charge in [0, 0.05) is 40.1 Å². The van der Waals surface area contributed by atoms with Crippen molar-refractivity contribution in [2.45, 2.75) is 57.2 Å². The molecule has 0 spiro atoms. The molecule has 1 atom stereocenters. The highest BCUT2D eigenvalue weighted by atomic mass is 32.1. The highest BCUT2D eigenvalue weighted by Crippen LogP contribution is 2.32. The van der Waals surface area contributed by atoms with Crippen LogP contribution in [0.2, 0.25) is 0 Å². The lowest BCUT2D eigenvalue weighted by molar-refractivity contribution is -0.141. The van der Waals surface area contributed by atoms with Gasteiger partial charge in [-0.25, -0.2) is 0 Å². The Kier molecular flexibility index (Phi) is 7.90. The van der Waals surface area contributed by atoms with Gasteiger partial charge in [-0.1, -0.05) is 55.7 Å². The van der Waals surface area contributed by atoms with Crippen LogP contribution in [0.4, 0.5) is 0 Å². The normalized spacial score (nSPS) is 14.8. The number of aromatic amines is 1. The van der Waals surface area contributed by atoms with E-state index in [4.69, 9.17) is 4.74 Å². The van der Waals surface area contributed by atoms with Crippen LogP contribution in [0.1, 0.15) is 54.1 Å². The molecule has 2 amide bonds. The molecule has 0 radical (unpaired) electrons. The maximum atomic E-state index is 14.1. The molecular formula is C30H33N3O3S. The van der Waals surface area contributed by atoms with Gasteiger partial charge >= 0.3 is 0 Å². The van der Waals surface area contributed by atoms with Crippen molar-refractivity contribution in [2.24, 2.45) is 0 Å². The lowest BCUT2D eigenvalue weighted by atomic mass is 9.94. The van der Waals surface area contributed by atoms with E-state index in [1.807, 2.05) is 72.2 Å². The molecule has 6 nitrogen and oxygen atoms in total. The van der Waals surface area contributed by atoms with Crippen molar-refractivity contribution < 1.29 is 14.3 Å². The third-order valence-electron chi connectivity index (χ3n) is 7.14. The van der Waals surface area contributed by atoms with Crippen molar-refractivity contribution in [3.63, 3.8) is 0 Å². The number of benzene rings is 2. The summed E-state index contributed by atoms with van der Waals surface area (Å²) in [5.41, 5.74) is 2.67. The number of methoxy groups -OCH3 is 1. The van der Waals surface area contributed by atoms with Crippen molar-refractivity contribution in [3.8, 4) is 5.75 Å². The van der Waals surface area contributed by atoms with Gasteiger partial charge < -0.3 is 19.9 Å². The van der Waals surface area contributed by atoms with Gasteiger partial charge in [-0.2, -0.15) is 0 Å². The molecule has 1 saturated carbocycles. The van der Waals surface area contributed by atoms with Crippen LogP contribution in [0.3, 0.4) is 0 Å². The van der Waals surface area contributed by atoms with E-state index in [-0.39, 0.29) is 24.3 Å². The molecule has 1 fully saturated rings. The van der Waals surface area contributed by atoms with Gasteiger partial charge in [-0.3, -0.25) is 9.59 Å². The molecule has 1 aliphatic carbocycles. The first-order chi connectivity index (χ1) is 18.1. The molecular weight excluding hydrogens is 482 g/mol. The Balaban J connectivity index is 1.56. The van der Waals surface area contributed by atoms with Gasteiger partial charge in [-0.05, 0) is 48.1 Å². The van der Waals surface area contributed by atoms with E-state index >= 15 is 0 Å². The molecule has 0 unspecified atom stereocenters. The minimum absolute atomic E-state index is 0.0839. The largest absolute Gasteiger partial charge is 0.497 e. The molecule has 2 N–H and O–H groups in total. The Hall–Kier alpha value is -3.58. The highest BCUT2D eigenvalue weighted by Gasteiger charge is 2.34. The average Bonchev–Trinajstić information content (AvgIpc) is 3.59. The standard InChI is InChI=1S/C30H33N3O3S/c1-36-23-12-7-9-21(17-23)20-33(28(34)18-24-13-8-16-37-24)29(30(35)32-22-10-3-2-4-11-22)26-19-31-27-15-6-5-14-25(26)27/h5-9,12-17,19,22,29,31H,2-4,10-11,18,20H2,1H3,(H,32,35)/t29-/m0/s1. The molecule has 2 aromatic carbocycles. The highest BCUT2D eigenvalue weighted by molar-refractivity contribution is 7.10. The second-order valence-corrected chi connectivity index (χ2v) is 10.7. The summed E-state index contributed by atoms with van der Waals surface area (Å²) in [6, 6.07) is 18.9. The monoisotopic (exact) mass is 515 g/mol. The van der Waals surface area contributed by atoms with Crippen molar-refractivity contribution >= 4 is 34.1 Å². The number of hydrogen-bond donors (Lipinski definition) is 2. The number of carbonyl (C=O) groups is 2. The van der Waals surface area contributed by atoms with Crippen molar-refractivity contribution in [3.05, 3.63) is 88.2 Å². The van der Waals surface area contributed by atoms with Crippen LogP contribution >= 0.6 is 11.3 Å². The van der Waals surface area contributed by atoms with E-state index in [2.05, 4.69) is 10.3 Å². The van der Waals surface area contributed by atoms with E-state index in [9.17, 15) is 9.59 Å². The zero-order valence-electron chi connectivity index (χ0n) is 21.1. The Morgan fingerprint density at radius 3 is 2.70 bits per heavy atom. The van der Waals surface area contributed by atoms with Gasteiger partial charge in [0.25, 0.3) is 0 Å². The van der Waals surface area contributed by atoms with Crippen molar-refractivity contribution in [1.82, 2.24) is 15.2 Å². The molecule has 7 heteroatoms. The van der Waals surface area contributed by atoms with E-state index < -0.39 is 6.04 Å². The topological polar surface area (TPSA) is 74.4 Å². The van der Waals surface area contributed by atoms with Crippen LogP contribution in [-0.2, 0) is 22.6 Å². The number of fused-ring (bicyclic) bond motifs is 1. The van der Waals surface area contributed by atoms with Crippen LogP contribution < -0.4 is 10.1 Å². The first kappa shape index (κ1) is 25.1. The lowest BCUT2D eigenvalue weighted by Crippen LogP contribution is -2.47. The summed E-state index contributed by atoms with van der Waals surface area (Å²) in [7, 11) is 1.63. The Bertz CT molecular complexity index is 1340. The molecule has 2 heterocycles. The number of hydrogen-bond acceptors (Lipinski definition) is 4. The summed E-state index contributed by atoms with van der Waals surface area (Å²) in [6.45, 7) is 0.295. The fourth-order valence-electron chi connectivity index (χ4n) is 5.25. The Morgan fingerprint density at radius 1 is 1.08 bits per heavy atom. The summed E-state index contributed by atoms with van der Waals surface area (Å²) in [5, 5.41) is 6.23. The quantitative estimate of drug-likeness (QED) is 0.287. The Morgan fingerprint density at radius 2 is 1.92 bits per heavy atom. The van der Waals surface area contributed by atoms with E-state index in [1.54, 1.807) is 23.3 Å². The minimum atomic E-state index is -0.767. The molecule has 1 aliphatic rings. The number of ether oxygens (including phenoxy) is 1. The van der Waals surface area contributed by atoms with Crippen LogP contribution in [0.15, 0.2) is 72.2 Å². The molecule has 0 saturated heterocycles. The maximum absolute atomic E-state index is 14.1. The zero-order chi connectivity index (χ0) is 25.6. The van der Waals surface area contributed by atoms with Crippen LogP contribution in [0.5, 0.6) is 5.75 Å². The zero-order valence-corrected chi connectivity index (χ0v) is 21.9. The third kappa shape index (κ3) is 5.88. The smallest absolute Gasteiger partial charge is 0.247 e. The predicted molar refractivity (Wildman–Crippen MR) is 148 cm³/mol. The minimum Gasteiger partial charge on any atom is -0.497 e. The number of amides is 2. The number of para-hydroxylation sites is 1. The number of aromatic nitrogens is 1. The van der Waals surface area contributed by atoms with Crippen LogP contribution in [-0.4, -0.2) is 34.8 Å². The molecule has 37 heavy (non-hydrogen) atoms. The number of rotatable bonds is 9. The van der Waals surface area contributed by atoms with E-state index in [0.29, 0.717) is 6.54 Å². The first-order valence-electron chi connectivity index (χ1n) is 12.9. The fourth-order valence-corrected chi connectivity index (χ4v) is 5.95. The second-order valence-electron chi connectivity index (χ2n) is 9.66. The lowest BCUT2D eigenvalue weighted by Gasteiger charge is -2.33. The number of thiophene rings is 1. The number of carbonyl (C=O) groups excluding carboxylic acids is 2. The molecule has 2 aromatic heterocycles. The van der Waals surface area contributed by atoms with E-state index in [0.717, 1.165) is 58.3 Å². The Labute approximate surface area is 221 Å². The SMILES string of the molecule is COc1cccc(CN(C(=O)Cc2cccs2)[C@H](C(=O)NC2CCCCC2)c2c[nH]c3ccccc23)c1. The summed E-state index contributed by atoms with van der Waals surface area (Å²) < 4.78 is 5.43. The number of nitrogens with zero attached hydrogens (tertiary/aromatic N) is 1. The average molecular weight is 516 g/mol. The molecule has 192 valence electrons. The fraction of sp³-hybridized carbons (Fsp3) is 0.333. The predicted octanol–water partition coefficient (Wildman–Crippen LogP) is 6.00. The van der Waals surface area contributed by atoms with Gasteiger partial charge in [0.1, 0.15) is 11.8 Å². The summed E-state index contributed by atoms with van der Waals surface area (Å²) in [5.74, 6) is 0.511. The van der Waals surface area contributed by atoms with Gasteiger partial charge in [0.15, 0.2) is 0 Å². The van der Waals surface area contributed by atoms with Gasteiger partial charge in [0.2, 0.25) is 11.8 Å². The van der Waals surface area contributed by atoms with Crippen molar-refractivity contribution in [2.75, 3.05) is 7.11 Å². The maximum Gasteiger partial charge on any atom is 0.247 e. The first-order valence-corrected chi connectivity index (χ1v) is 13.8. The molecule has 0 aliphatic heterocycles. The van der Waals surface area contributed by atoms with Crippen LogP contribution in [0, 0.1) is 0 Å². The van der Waals surface area contributed by atoms with Crippen LogP contribution in [0.25, 0.3) is 10.9 Å². The number of nitrogens with one attached hydrogen (secondary N) is 2. The molecule has 4 aromatic rings. The summed E-state index contributed by atoms with van der Waals surface area (Å²) in [4.78, 5) is 34.1. The molecule has 0 bridgehead atoms. The van der Waals surface area contributed by atoms with Gasteiger partial charge in [-0.15, -0.1) is 11.3 Å². The number of H-pyrrole nitrogens is 1. The second kappa shape index (κ2) is 11.6. The summed E-state index contributed by atoms with van der Waals surface area (Å²) >= 11 is 1.56. The van der Waals surface area contributed by atoms with Gasteiger partial charge in [0.05, 0.1) is 13.5 Å². The molecule has 5 rings (SSSR count). The summed E-state index contributed by atoms with van der Waals surface area (Å²) in [6.07, 6.45) is 7.53.